The predicted molar refractivity (Wildman–Crippen MR) is 77.0 cm³/mol. The van der Waals surface area contributed by atoms with E-state index in [0.29, 0.717) is 5.57 Å². The Kier molecular flexibility index (Phi) is 5.23. The molecule has 2 aliphatic heterocycles. The van der Waals surface area contributed by atoms with Crippen LogP contribution in [0.4, 0.5) is 0 Å². The van der Waals surface area contributed by atoms with Crippen molar-refractivity contribution in [1.82, 2.24) is 0 Å². The molecule has 24 heavy (non-hydrogen) atoms. The Morgan fingerprint density at radius 3 is 2.42 bits per heavy atom. The maximum Gasteiger partial charge on any atom is 0.209 e. The van der Waals surface area contributed by atoms with Crippen molar-refractivity contribution < 1.29 is 44.8 Å². The van der Waals surface area contributed by atoms with E-state index in [-0.39, 0.29) is 12.5 Å². The molecule has 6 N–H and O–H groups in total. The Morgan fingerprint density at radius 2 is 1.75 bits per heavy atom. The van der Waals surface area contributed by atoms with E-state index in [9.17, 15) is 30.6 Å². The fourth-order valence-electron chi connectivity index (χ4n) is 3.38. The predicted octanol–water partition coefficient (Wildman–Crippen LogP) is -2.80. The van der Waals surface area contributed by atoms with Gasteiger partial charge in [-0.05, 0) is 11.6 Å². The molecule has 0 aromatic carbocycles. The molecule has 0 spiro atoms. The highest BCUT2D eigenvalue weighted by atomic mass is 16.8. The number of rotatable bonds is 4. The van der Waals surface area contributed by atoms with Gasteiger partial charge in [0.1, 0.15) is 24.4 Å². The van der Waals surface area contributed by atoms with Gasteiger partial charge in [-0.15, -0.1) is 0 Å². The van der Waals surface area contributed by atoms with Crippen LogP contribution in [0.3, 0.4) is 0 Å². The lowest BCUT2D eigenvalue weighted by Crippen LogP contribution is -2.60. The first-order valence-corrected chi connectivity index (χ1v) is 7.75. The third-order valence-corrected chi connectivity index (χ3v) is 4.73. The Morgan fingerprint density at radius 1 is 1.00 bits per heavy atom. The highest BCUT2D eigenvalue weighted by molar-refractivity contribution is 5.25. The third kappa shape index (κ3) is 2.98. The van der Waals surface area contributed by atoms with Crippen LogP contribution in [0.15, 0.2) is 24.0 Å². The molecule has 0 aromatic heterocycles. The summed E-state index contributed by atoms with van der Waals surface area (Å²) in [6.07, 6.45) is -4.27. The van der Waals surface area contributed by atoms with E-state index >= 15 is 0 Å². The van der Waals surface area contributed by atoms with Crippen LogP contribution in [0.1, 0.15) is 0 Å². The lowest BCUT2D eigenvalue weighted by molar-refractivity contribution is -0.339. The average Bonchev–Trinajstić information content (AvgIpc) is 2.92. The summed E-state index contributed by atoms with van der Waals surface area (Å²) in [6, 6.07) is 0. The summed E-state index contributed by atoms with van der Waals surface area (Å²) in [5.41, 5.74) is 0.534. The largest absolute Gasteiger partial charge is 0.472 e. The zero-order valence-corrected chi connectivity index (χ0v) is 12.8. The second kappa shape index (κ2) is 7.06. The molecule has 3 aliphatic rings. The summed E-state index contributed by atoms with van der Waals surface area (Å²) in [5.74, 6) is -0.835. The fourth-order valence-corrected chi connectivity index (χ4v) is 3.38. The van der Waals surface area contributed by atoms with E-state index < -0.39 is 55.6 Å². The van der Waals surface area contributed by atoms with Gasteiger partial charge in [0.25, 0.3) is 0 Å². The quantitative estimate of drug-likeness (QED) is 0.297. The number of hydrogen-bond donors (Lipinski definition) is 6. The molecule has 0 bridgehead atoms. The summed E-state index contributed by atoms with van der Waals surface area (Å²) in [4.78, 5) is 0. The van der Waals surface area contributed by atoms with E-state index in [1.54, 1.807) is 6.08 Å². The topological polar surface area (TPSA) is 149 Å². The molecule has 0 aromatic rings. The van der Waals surface area contributed by atoms with Gasteiger partial charge < -0.3 is 44.8 Å². The monoisotopic (exact) mass is 346 g/mol. The minimum Gasteiger partial charge on any atom is -0.472 e. The van der Waals surface area contributed by atoms with Crippen molar-refractivity contribution in [1.29, 1.82) is 0 Å². The fraction of sp³-hybridized carbons (Fsp3) is 0.733. The minimum atomic E-state index is -1.56. The number of hydrogen-bond acceptors (Lipinski definition) is 9. The lowest BCUT2D eigenvalue weighted by Gasteiger charge is -2.42. The summed E-state index contributed by atoms with van der Waals surface area (Å²) in [5, 5.41) is 58.3. The van der Waals surface area contributed by atoms with Gasteiger partial charge in [-0.1, -0.05) is 6.08 Å². The van der Waals surface area contributed by atoms with Crippen molar-refractivity contribution in [2.45, 2.75) is 43.1 Å². The highest BCUT2D eigenvalue weighted by Crippen LogP contribution is 2.40. The van der Waals surface area contributed by atoms with Gasteiger partial charge >= 0.3 is 0 Å². The first-order valence-electron chi connectivity index (χ1n) is 7.75. The second-order valence-corrected chi connectivity index (χ2v) is 6.16. The van der Waals surface area contributed by atoms with Gasteiger partial charge in [0, 0.05) is 5.92 Å². The van der Waals surface area contributed by atoms with Crippen molar-refractivity contribution in [3.8, 4) is 0 Å². The van der Waals surface area contributed by atoms with Crippen LogP contribution in [0.5, 0.6) is 0 Å². The molecule has 3 rings (SSSR count). The van der Waals surface area contributed by atoms with E-state index in [1.807, 2.05) is 0 Å². The molecule has 0 amide bonds. The van der Waals surface area contributed by atoms with Gasteiger partial charge in [0.15, 0.2) is 6.29 Å². The van der Waals surface area contributed by atoms with Crippen LogP contribution < -0.4 is 0 Å². The van der Waals surface area contributed by atoms with Crippen LogP contribution in [0, 0.1) is 11.8 Å². The van der Waals surface area contributed by atoms with Crippen LogP contribution in [-0.4, -0.2) is 87.0 Å². The molecule has 136 valence electrons. The molecule has 1 aliphatic carbocycles. The zero-order chi connectivity index (χ0) is 17.4. The molecule has 9 nitrogen and oxygen atoms in total. The van der Waals surface area contributed by atoms with Crippen LogP contribution in [0.2, 0.25) is 0 Å². The Hall–Kier alpha value is -1.04. The van der Waals surface area contributed by atoms with Gasteiger partial charge in [-0.2, -0.15) is 0 Å². The number of fused-ring (bicyclic) bond motifs is 1. The lowest BCUT2D eigenvalue weighted by atomic mass is 9.88. The smallest absolute Gasteiger partial charge is 0.209 e. The second-order valence-electron chi connectivity index (χ2n) is 6.16. The van der Waals surface area contributed by atoms with Crippen LogP contribution in [-0.2, 0) is 14.2 Å². The number of aliphatic hydroxyl groups is 6. The summed E-state index contributed by atoms with van der Waals surface area (Å²) < 4.78 is 16.3. The third-order valence-electron chi connectivity index (χ3n) is 4.73. The zero-order valence-electron chi connectivity index (χ0n) is 12.8. The standard InChI is InChI=1S/C15H22O9/c16-4-6-3-8(18)7-1-2-22-14(10(6)7)24-15-13(21)12(20)11(19)9(5-17)23-15/h1-3,7-21H,4-5H2/t7-,8+,9-,10+,11+,12+,13+,14+,15+/m0/s1. The number of ether oxygens (including phenoxy) is 3. The minimum absolute atomic E-state index is 0.288. The maximum atomic E-state index is 10.0. The van der Waals surface area contributed by atoms with Gasteiger partial charge in [0.2, 0.25) is 6.29 Å². The molecule has 1 saturated heterocycles. The van der Waals surface area contributed by atoms with E-state index in [0.717, 1.165) is 0 Å². The SMILES string of the molecule is OCC1=C[C@@H](O)[C@@H]2C=CO[C@H](O[C@H]3O[C@@H](CO)[C@@H](O)[C@@H](O)[C@H]3O)[C@H]12. The van der Waals surface area contributed by atoms with Crippen molar-refractivity contribution in [2.24, 2.45) is 11.8 Å². The van der Waals surface area contributed by atoms with Gasteiger partial charge in [0.05, 0.1) is 31.5 Å². The normalized spacial score (nSPS) is 47.9. The van der Waals surface area contributed by atoms with Gasteiger partial charge in [-0.25, -0.2) is 0 Å². The van der Waals surface area contributed by atoms with Crippen LogP contribution in [0.25, 0.3) is 0 Å². The maximum absolute atomic E-state index is 10.0. The Balaban J connectivity index is 1.75. The van der Waals surface area contributed by atoms with Gasteiger partial charge in [-0.3, -0.25) is 0 Å². The molecule has 0 radical (unpaired) electrons. The van der Waals surface area contributed by atoms with E-state index in [2.05, 4.69) is 0 Å². The van der Waals surface area contributed by atoms with Crippen molar-refractivity contribution in [3.63, 3.8) is 0 Å². The molecule has 0 saturated carbocycles. The molecule has 0 unspecified atom stereocenters. The summed E-state index contributed by atoms with van der Waals surface area (Å²) in [7, 11) is 0. The Bertz CT molecular complexity index is 505. The molecule has 9 heteroatoms. The molecular weight excluding hydrogens is 324 g/mol. The molecule has 1 fully saturated rings. The molecule has 9 atom stereocenters. The van der Waals surface area contributed by atoms with Crippen LogP contribution >= 0.6 is 0 Å². The summed E-state index contributed by atoms with van der Waals surface area (Å²) in [6.45, 7) is -0.854. The first-order chi connectivity index (χ1) is 11.5. The summed E-state index contributed by atoms with van der Waals surface area (Å²) >= 11 is 0. The first kappa shape index (κ1) is 17.8. The number of aliphatic hydroxyl groups excluding tert-OH is 6. The highest BCUT2D eigenvalue weighted by Gasteiger charge is 2.49. The Labute approximate surface area is 138 Å². The van der Waals surface area contributed by atoms with Crippen molar-refractivity contribution in [3.05, 3.63) is 24.0 Å². The van der Waals surface area contributed by atoms with E-state index in [4.69, 9.17) is 14.2 Å². The van der Waals surface area contributed by atoms with Crippen molar-refractivity contribution in [2.75, 3.05) is 13.2 Å². The average molecular weight is 346 g/mol. The molecule has 2 heterocycles. The van der Waals surface area contributed by atoms with Crippen molar-refractivity contribution >= 4 is 0 Å². The molecular formula is C15H22O9. The van der Waals surface area contributed by atoms with E-state index in [1.165, 1.54) is 12.3 Å².